The lowest BCUT2D eigenvalue weighted by atomic mass is 9.98. The van der Waals surface area contributed by atoms with Gasteiger partial charge in [0.25, 0.3) is 0 Å². The summed E-state index contributed by atoms with van der Waals surface area (Å²) >= 11 is 0. The Hall–Kier alpha value is -0.610. The molecule has 0 saturated carbocycles. The van der Waals surface area contributed by atoms with Crippen LogP contribution in [0.15, 0.2) is 0 Å². The Morgan fingerprint density at radius 2 is 2.08 bits per heavy atom. The Balaban J connectivity index is 3.81. The molecule has 4 heteroatoms. The largest absolute Gasteiger partial charge is 0.469 e. The van der Waals surface area contributed by atoms with Crippen molar-refractivity contribution < 1.29 is 14.6 Å². The van der Waals surface area contributed by atoms with Crippen molar-refractivity contribution in [3.8, 4) is 0 Å². The number of rotatable bonds is 5. The fourth-order valence-electron chi connectivity index (χ4n) is 1.11. The quantitative estimate of drug-likeness (QED) is 0.609. The van der Waals surface area contributed by atoms with Gasteiger partial charge in [0.2, 0.25) is 0 Å². The van der Waals surface area contributed by atoms with Crippen LogP contribution in [0.4, 0.5) is 0 Å². The molecule has 13 heavy (non-hydrogen) atoms. The molecular weight excluding hydrogens is 170 g/mol. The Morgan fingerprint density at radius 3 is 2.46 bits per heavy atom. The average molecular weight is 189 g/mol. The predicted octanol–water partition coefficient (Wildman–Crippen LogP) is 0.284. The number of esters is 1. The molecule has 0 spiro atoms. The number of ether oxygens (including phenoxy) is 1. The van der Waals surface area contributed by atoms with Crippen LogP contribution in [0.2, 0.25) is 0 Å². The fraction of sp³-hybridized carbons (Fsp3) is 0.889. The van der Waals surface area contributed by atoms with E-state index in [1.54, 1.807) is 0 Å². The van der Waals surface area contributed by atoms with E-state index in [1.807, 2.05) is 13.8 Å². The summed E-state index contributed by atoms with van der Waals surface area (Å²) in [6, 6.07) is -0.348. The molecule has 0 aliphatic heterocycles. The molecule has 0 rings (SSSR count). The van der Waals surface area contributed by atoms with E-state index in [0.717, 1.165) is 0 Å². The number of aliphatic hydroxyl groups is 1. The maximum atomic E-state index is 10.8. The van der Waals surface area contributed by atoms with E-state index in [4.69, 9.17) is 5.73 Å². The van der Waals surface area contributed by atoms with Gasteiger partial charge in [-0.25, -0.2) is 0 Å². The molecule has 0 aromatic rings. The molecule has 0 saturated heterocycles. The molecule has 0 aliphatic carbocycles. The first-order chi connectivity index (χ1) is 5.97. The number of hydrogen-bond donors (Lipinski definition) is 2. The van der Waals surface area contributed by atoms with E-state index in [-0.39, 0.29) is 12.5 Å². The average Bonchev–Trinajstić information content (AvgIpc) is 2.02. The van der Waals surface area contributed by atoms with Crippen molar-refractivity contribution in [1.82, 2.24) is 0 Å². The molecule has 0 aromatic carbocycles. The third-order valence-electron chi connectivity index (χ3n) is 1.84. The molecule has 0 heterocycles. The van der Waals surface area contributed by atoms with Crippen LogP contribution in [0.1, 0.15) is 26.7 Å². The molecule has 78 valence electrons. The predicted molar refractivity (Wildman–Crippen MR) is 50.1 cm³/mol. The topological polar surface area (TPSA) is 72.5 Å². The maximum absolute atomic E-state index is 10.8. The lowest BCUT2D eigenvalue weighted by Crippen LogP contribution is -2.37. The Labute approximate surface area is 79.1 Å². The van der Waals surface area contributed by atoms with Gasteiger partial charge >= 0.3 is 5.97 Å². The van der Waals surface area contributed by atoms with Gasteiger partial charge in [-0.05, 0) is 12.3 Å². The van der Waals surface area contributed by atoms with Gasteiger partial charge in [0, 0.05) is 6.04 Å². The van der Waals surface area contributed by atoms with Gasteiger partial charge in [-0.15, -0.1) is 0 Å². The van der Waals surface area contributed by atoms with Gasteiger partial charge < -0.3 is 15.6 Å². The maximum Gasteiger partial charge on any atom is 0.308 e. The minimum atomic E-state index is -0.796. The first-order valence-electron chi connectivity index (χ1n) is 4.47. The van der Waals surface area contributed by atoms with Gasteiger partial charge in [0.05, 0.1) is 19.6 Å². The van der Waals surface area contributed by atoms with Gasteiger partial charge in [-0.2, -0.15) is 0 Å². The van der Waals surface area contributed by atoms with Crippen molar-refractivity contribution in [2.24, 2.45) is 11.7 Å². The van der Waals surface area contributed by atoms with Crippen molar-refractivity contribution in [1.29, 1.82) is 0 Å². The summed E-state index contributed by atoms with van der Waals surface area (Å²) in [7, 11) is 1.29. The van der Waals surface area contributed by atoms with Crippen LogP contribution < -0.4 is 5.73 Å². The summed E-state index contributed by atoms with van der Waals surface area (Å²) in [6.45, 7) is 4.04. The van der Waals surface area contributed by atoms with Crippen LogP contribution in [-0.2, 0) is 9.53 Å². The van der Waals surface area contributed by atoms with Crippen LogP contribution >= 0.6 is 0 Å². The molecule has 0 aromatic heterocycles. The van der Waals surface area contributed by atoms with E-state index in [1.165, 1.54) is 7.11 Å². The summed E-state index contributed by atoms with van der Waals surface area (Å²) in [5.74, 6) is -0.00555. The van der Waals surface area contributed by atoms with Crippen molar-refractivity contribution in [2.75, 3.05) is 7.11 Å². The van der Waals surface area contributed by atoms with Gasteiger partial charge in [0.15, 0.2) is 0 Å². The highest BCUT2D eigenvalue weighted by Crippen LogP contribution is 2.08. The zero-order valence-corrected chi connectivity index (χ0v) is 8.49. The van der Waals surface area contributed by atoms with Gasteiger partial charge in [-0.3, -0.25) is 4.79 Å². The monoisotopic (exact) mass is 189 g/mol. The third-order valence-corrected chi connectivity index (χ3v) is 1.84. The second-order valence-corrected chi connectivity index (χ2v) is 3.64. The number of carbonyl (C=O) groups is 1. The summed E-state index contributed by atoms with van der Waals surface area (Å²) in [5, 5.41) is 9.44. The van der Waals surface area contributed by atoms with Crippen LogP contribution in [-0.4, -0.2) is 30.3 Å². The highest BCUT2D eigenvalue weighted by atomic mass is 16.5. The van der Waals surface area contributed by atoms with Gasteiger partial charge in [-0.1, -0.05) is 13.8 Å². The van der Waals surface area contributed by atoms with Crippen LogP contribution in [0, 0.1) is 5.92 Å². The number of methoxy groups -OCH3 is 1. The molecule has 0 fully saturated rings. The van der Waals surface area contributed by atoms with Crippen LogP contribution in [0.3, 0.4) is 0 Å². The van der Waals surface area contributed by atoms with Crippen LogP contribution in [0.25, 0.3) is 0 Å². The lowest BCUT2D eigenvalue weighted by Gasteiger charge is -2.19. The molecule has 2 unspecified atom stereocenters. The van der Waals surface area contributed by atoms with E-state index in [9.17, 15) is 9.90 Å². The van der Waals surface area contributed by atoms with E-state index in [0.29, 0.717) is 12.3 Å². The Kier molecular flexibility index (Phi) is 5.66. The minimum Gasteiger partial charge on any atom is -0.469 e. The molecule has 0 amide bonds. The van der Waals surface area contributed by atoms with Crippen molar-refractivity contribution in [3.63, 3.8) is 0 Å². The smallest absolute Gasteiger partial charge is 0.308 e. The van der Waals surface area contributed by atoms with Crippen molar-refractivity contribution in [3.05, 3.63) is 0 Å². The molecule has 4 nitrogen and oxygen atoms in total. The van der Waals surface area contributed by atoms with Crippen molar-refractivity contribution >= 4 is 5.97 Å². The zero-order valence-electron chi connectivity index (χ0n) is 8.49. The van der Waals surface area contributed by atoms with Crippen molar-refractivity contribution in [2.45, 2.75) is 38.8 Å². The number of nitrogens with two attached hydrogens (primary N) is 1. The summed E-state index contributed by atoms with van der Waals surface area (Å²) < 4.78 is 4.42. The standard InChI is InChI=1S/C9H19NO3/c1-6(2)4-7(10)8(11)5-9(12)13-3/h6-8,11H,4-5,10H2,1-3H3. The van der Waals surface area contributed by atoms with E-state index < -0.39 is 12.1 Å². The molecule has 2 atom stereocenters. The molecule has 0 radical (unpaired) electrons. The second kappa shape index (κ2) is 5.94. The minimum absolute atomic E-state index is 0.0234. The number of hydrogen-bond acceptors (Lipinski definition) is 4. The summed E-state index contributed by atoms with van der Waals surface area (Å²) in [6.07, 6.45) is -0.113. The normalized spacial score (nSPS) is 15.5. The van der Waals surface area contributed by atoms with E-state index >= 15 is 0 Å². The van der Waals surface area contributed by atoms with Gasteiger partial charge in [0.1, 0.15) is 0 Å². The summed E-state index contributed by atoms with van der Waals surface area (Å²) in [5.41, 5.74) is 5.66. The number of carbonyl (C=O) groups excluding carboxylic acids is 1. The Morgan fingerprint density at radius 1 is 1.54 bits per heavy atom. The highest BCUT2D eigenvalue weighted by Gasteiger charge is 2.19. The molecule has 3 N–H and O–H groups in total. The summed E-state index contributed by atoms with van der Waals surface area (Å²) in [4.78, 5) is 10.8. The first kappa shape index (κ1) is 12.4. The lowest BCUT2D eigenvalue weighted by molar-refractivity contribution is -0.143. The SMILES string of the molecule is COC(=O)CC(O)C(N)CC(C)C. The molecule has 0 aliphatic rings. The molecular formula is C9H19NO3. The number of aliphatic hydroxyl groups excluding tert-OH is 1. The highest BCUT2D eigenvalue weighted by molar-refractivity contribution is 5.69. The Bertz CT molecular complexity index is 159. The van der Waals surface area contributed by atoms with E-state index in [2.05, 4.69) is 4.74 Å². The fourth-order valence-corrected chi connectivity index (χ4v) is 1.11. The second-order valence-electron chi connectivity index (χ2n) is 3.64. The van der Waals surface area contributed by atoms with Crippen LogP contribution in [0.5, 0.6) is 0 Å². The first-order valence-corrected chi connectivity index (χ1v) is 4.47. The zero-order chi connectivity index (χ0) is 10.4. The third kappa shape index (κ3) is 5.60. The molecule has 0 bridgehead atoms.